The summed E-state index contributed by atoms with van der Waals surface area (Å²) in [5, 5.41) is 8.96. The summed E-state index contributed by atoms with van der Waals surface area (Å²) in [5.41, 5.74) is 4.55. The van der Waals surface area contributed by atoms with Gasteiger partial charge in [-0.2, -0.15) is 0 Å². The highest BCUT2D eigenvalue weighted by molar-refractivity contribution is 5.99. The van der Waals surface area contributed by atoms with Crippen LogP contribution in [-0.4, -0.2) is 42.3 Å². The normalized spacial score (nSPS) is 12.7. The van der Waals surface area contributed by atoms with Crippen molar-refractivity contribution in [3.63, 3.8) is 0 Å². The molecule has 0 atom stereocenters. The van der Waals surface area contributed by atoms with Crippen molar-refractivity contribution in [1.29, 1.82) is 0 Å². The van der Waals surface area contributed by atoms with Gasteiger partial charge in [0.15, 0.2) is 23.8 Å². The average molecular weight is 649 g/mol. The molecule has 0 unspecified atom stereocenters. The quantitative estimate of drug-likeness (QED) is 0.125. The van der Waals surface area contributed by atoms with E-state index in [1.165, 1.54) is 81.0 Å². The maximum absolute atomic E-state index is 14.6. The van der Waals surface area contributed by atoms with Crippen LogP contribution in [0.25, 0.3) is 0 Å². The van der Waals surface area contributed by atoms with E-state index in [-0.39, 0.29) is 29.4 Å². The van der Waals surface area contributed by atoms with Gasteiger partial charge in [-0.15, -0.1) is 0 Å². The summed E-state index contributed by atoms with van der Waals surface area (Å²) in [7, 11) is 1.72. The first-order valence-electron chi connectivity index (χ1n) is 16.5. The van der Waals surface area contributed by atoms with Crippen molar-refractivity contribution >= 4 is 5.71 Å². The van der Waals surface area contributed by atoms with E-state index in [1.54, 1.807) is 19.2 Å². The Labute approximate surface area is 265 Å². The number of fused-ring (bicyclic) bond motifs is 1. The van der Waals surface area contributed by atoms with E-state index in [9.17, 15) is 4.39 Å². The summed E-state index contributed by atoms with van der Waals surface area (Å²) < 4.78 is 29.2. The number of aliphatic hydroxyl groups excluding tert-OH is 1. The van der Waals surface area contributed by atoms with Gasteiger partial charge in [-0.1, -0.05) is 96.1 Å². The van der Waals surface area contributed by atoms with Crippen LogP contribution in [0.1, 0.15) is 126 Å². The van der Waals surface area contributed by atoms with Crippen LogP contribution in [-0.2, 0) is 13.0 Å². The zero-order valence-corrected chi connectivity index (χ0v) is 27.9. The fourth-order valence-electron chi connectivity index (χ4n) is 5.99. The van der Waals surface area contributed by atoms with Crippen LogP contribution in [0.5, 0.6) is 11.5 Å². The van der Waals surface area contributed by atoms with Gasteiger partial charge in [0.25, 0.3) is 0 Å². The topological polar surface area (TPSA) is 41.7 Å². The minimum atomic E-state index is -0.129. The van der Waals surface area contributed by atoms with Crippen LogP contribution < -0.4 is 26.5 Å². The van der Waals surface area contributed by atoms with Crippen molar-refractivity contribution in [3.05, 3.63) is 58.9 Å². The van der Waals surface area contributed by atoms with E-state index < -0.39 is 0 Å². The molecule has 0 aromatic heterocycles. The van der Waals surface area contributed by atoms with Crippen LogP contribution in [0.15, 0.2) is 36.4 Å². The number of unbranched alkanes of at least 4 members (excludes halogenated alkanes) is 13. The minimum Gasteiger partial charge on any atom is -1.00 e. The van der Waals surface area contributed by atoms with Crippen molar-refractivity contribution in [2.75, 3.05) is 26.9 Å². The first-order chi connectivity index (χ1) is 20.2. The Morgan fingerprint density at radius 2 is 1.45 bits per heavy atom. The molecule has 0 bridgehead atoms. The monoisotopic (exact) mass is 647 g/mol. The number of rotatable bonds is 22. The van der Waals surface area contributed by atoms with E-state index in [0.29, 0.717) is 13.2 Å². The summed E-state index contributed by atoms with van der Waals surface area (Å²) in [4.78, 5) is 0. The van der Waals surface area contributed by atoms with Crippen molar-refractivity contribution in [2.45, 2.75) is 123 Å². The number of hydrogen-bond donors (Lipinski definition) is 1. The Bertz CT molecular complexity index is 1060. The van der Waals surface area contributed by atoms with Gasteiger partial charge >= 0.3 is 0 Å². The molecule has 1 aliphatic heterocycles. The third-order valence-corrected chi connectivity index (χ3v) is 8.40. The summed E-state index contributed by atoms with van der Waals surface area (Å²) in [6.45, 7) is 4.68. The molecular weight excluding hydrogens is 593 g/mol. The molecule has 0 saturated carbocycles. The molecule has 3 rings (SSSR count). The number of hydrogen-bond acceptors (Lipinski definition) is 3. The molecule has 0 saturated heterocycles. The van der Waals surface area contributed by atoms with Crippen LogP contribution >= 0.6 is 0 Å². The predicted octanol–water partition coefficient (Wildman–Crippen LogP) is 6.03. The first kappa shape index (κ1) is 36.3. The van der Waals surface area contributed by atoms with E-state index in [2.05, 4.69) is 17.6 Å². The Morgan fingerprint density at radius 3 is 2.12 bits per heavy atom. The van der Waals surface area contributed by atoms with E-state index >= 15 is 0 Å². The largest absolute Gasteiger partial charge is 1.00 e. The maximum atomic E-state index is 14.6. The third-order valence-electron chi connectivity index (χ3n) is 8.40. The van der Waals surface area contributed by atoms with Crippen molar-refractivity contribution < 1.29 is 40.5 Å². The molecule has 0 spiro atoms. The minimum absolute atomic E-state index is 0. The highest BCUT2D eigenvalue weighted by Crippen LogP contribution is 2.37. The van der Waals surface area contributed by atoms with E-state index in [0.717, 1.165) is 68.6 Å². The second kappa shape index (κ2) is 21.7. The molecular formula is C36H55BrFNO3. The number of aliphatic hydroxyl groups is 1. The van der Waals surface area contributed by atoms with Crippen molar-refractivity contribution in [3.8, 4) is 11.5 Å². The number of ether oxygens (including phenoxy) is 2. The first-order valence-corrected chi connectivity index (χ1v) is 16.5. The van der Waals surface area contributed by atoms with Crippen molar-refractivity contribution in [2.24, 2.45) is 0 Å². The molecule has 236 valence electrons. The predicted molar refractivity (Wildman–Crippen MR) is 168 cm³/mol. The smallest absolute Gasteiger partial charge is 0.184 e. The van der Waals surface area contributed by atoms with Crippen LogP contribution in [0.3, 0.4) is 0 Å². The molecule has 0 fully saturated rings. The summed E-state index contributed by atoms with van der Waals surface area (Å²) in [6, 6.07) is 11.4. The van der Waals surface area contributed by atoms with Gasteiger partial charge in [0.2, 0.25) is 0 Å². The molecule has 1 aliphatic rings. The molecule has 6 heteroatoms. The molecule has 0 aliphatic carbocycles. The zero-order chi connectivity index (χ0) is 29.1. The molecule has 0 amide bonds. The molecule has 4 nitrogen and oxygen atoms in total. The summed E-state index contributed by atoms with van der Waals surface area (Å²) in [6.07, 6.45) is 20.1. The maximum Gasteiger partial charge on any atom is 0.184 e. The molecule has 2 aromatic rings. The van der Waals surface area contributed by atoms with E-state index in [4.69, 9.17) is 14.6 Å². The van der Waals surface area contributed by atoms with Gasteiger partial charge in [-0.3, -0.25) is 0 Å². The number of methoxy groups -OCH3 is 1. The van der Waals surface area contributed by atoms with Gasteiger partial charge in [0.05, 0.1) is 19.3 Å². The van der Waals surface area contributed by atoms with Crippen LogP contribution in [0.2, 0.25) is 0 Å². The third kappa shape index (κ3) is 12.0. The average Bonchev–Trinajstić information content (AvgIpc) is 2.99. The highest BCUT2D eigenvalue weighted by Gasteiger charge is 2.30. The van der Waals surface area contributed by atoms with Gasteiger partial charge in [0.1, 0.15) is 12.4 Å². The fourth-order valence-corrected chi connectivity index (χ4v) is 5.99. The molecule has 1 N–H and O–H groups in total. The molecule has 2 aromatic carbocycles. The Kier molecular flexibility index (Phi) is 18.8. The van der Waals surface area contributed by atoms with Gasteiger partial charge in [0, 0.05) is 30.6 Å². The second-order valence-electron chi connectivity index (χ2n) is 11.6. The van der Waals surface area contributed by atoms with Gasteiger partial charge < -0.3 is 31.6 Å². The highest BCUT2D eigenvalue weighted by atomic mass is 79.9. The second-order valence-corrected chi connectivity index (χ2v) is 11.6. The fraction of sp³-hybridized carbons (Fsp3) is 0.639. The van der Waals surface area contributed by atoms with Gasteiger partial charge in [-0.25, -0.2) is 8.97 Å². The zero-order valence-electron chi connectivity index (χ0n) is 26.3. The van der Waals surface area contributed by atoms with Crippen LogP contribution in [0.4, 0.5) is 4.39 Å². The Balaban J connectivity index is 0.00000616. The van der Waals surface area contributed by atoms with Crippen molar-refractivity contribution in [1.82, 2.24) is 0 Å². The SMILES string of the molecule is CCCCCCCCCCCC1=[N+](Cc2ccccc2F)CCc2c1ccc(OC)c2OCCCCCCCCO.[Br-]. The standard InChI is InChI=1S/C36H55FNO3.BrH/c1-3-4-5-6-7-8-9-12-15-22-34-31-23-24-35(40-2)36(41-28-19-14-11-10-13-18-27-39)32(31)25-26-38(34)29-30-20-16-17-21-33(30)37;/h16-17,20-21,23-24,39H,3-15,18-19,22,25-29H2,1-2H3;1H/q+1;/p-1. The summed E-state index contributed by atoms with van der Waals surface area (Å²) >= 11 is 0. The molecule has 0 radical (unpaired) electrons. The number of nitrogens with zero attached hydrogens (tertiary/aromatic N) is 1. The number of benzene rings is 2. The lowest BCUT2D eigenvalue weighted by Gasteiger charge is -2.23. The lowest BCUT2D eigenvalue weighted by molar-refractivity contribution is -0.546. The lowest BCUT2D eigenvalue weighted by Crippen LogP contribution is -3.00. The Hall–Kier alpha value is -1.92. The Morgan fingerprint density at radius 1 is 0.810 bits per heavy atom. The lowest BCUT2D eigenvalue weighted by atomic mass is 9.91. The molecule has 1 heterocycles. The van der Waals surface area contributed by atoms with E-state index in [1.807, 2.05) is 18.2 Å². The van der Waals surface area contributed by atoms with Gasteiger partial charge in [-0.05, 0) is 43.5 Å². The molecule has 42 heavy (non-hydrogen) atoms. The number of halogens is 2. The van der Waals surface area contributed by atoms with Crippen LogP contribution in [0, 0.1) is 5.82 Å². The summed E-state index contributed by atoms with van der Waals surface area (Å²) in [5.74, 6) is 1.56.